The Morgan fingerprint density at radius 3 is 2.73 bits per heavy atom. The molecule has 15 heavy (non-hydrogen) atoms. The normalized spacial score (nSPS) is 12.7. The molecule has 0 saturated heterocycles. The topological polar surface area (TPSA) is 69.6 Å². The number of hydrogen-bond acceptors (Lipinski definition) is 4. The first-order valence-corrected chi connectivity index (χ1v) is 4.86. The second kappa shape index (κ2) is 4.18. The van der Waals surface area contributed by atoms with Crippen molar-refractivity contribution >= 4 is 0 Å². The first-order valence-electron chi connectivity index (χ1n) is 4.86. The van der Waals surface area contributed by atoms with Crippen LogP contribution < -0.4 is 5.73 Å². The molecule has 1 atom stereocenters. The molecular formula is C10H13N5. The molecule has 0 saturated carbocycles. The predicted molar refractivity (Wildman–Crippen MR) is 57.0 cm³/mol. The zero-order valence-electron chi connectivity index (χ0n) is 8.54. The van der Waals surface area contributed by atoms with Crippen molar-refractivity contribution in [3.8, 4) is 11.4 Å². The lowest BCUT2D eigenvalue weighted by atomic mass is 10.2. The van der Waals surface area contributed by atoms with E-state index in [-0.39, 0.29) is 6.04 Å². The van der Waals surface area contributed by atoms with Gasteiger partial charge in [-0.2, -0.15) is 4.80 Å². The largest absolute Gasteiger partial charge is 0.328 e. The van der Waals surface area contributed by atoms with Crippen molar-refractivity contribution in [2.24, 2.45) is 5.73 Å². The van der Waals surface area contributed by atoms with E-state index in [1.807, 2.05) is 37.3 Å². The highest BCUT2D eigenvalue weighted by atomic mass is 15.6. The maximum absolute atomic E-state index is 5.52. The van der Waals surface area contributed by atoms with E-state index in [2.05, 4.69) is 15.4 Å². The Labute approximate surface area is 87.9 Å². The Bertz CT molecular complexity index is 422. The van der Waals surface area contributed by atoms with Gasteiger partial charge in [-0.25, -0.2) is 0 Å². The lowest BCUT2D eigenvalue weighted by molar-refractivity contribution is 0.432. The minimum Gasteiger partial charge on any atom is -0.328 e. The zero-order chi connectivity index (χ0) is 10.7. The van der Waals surface area contributed by atoms with E-state index in [4.69, 9.17) is 5.73 Å². The summed E-state index contributed by atoms with van der Waals surface area (Å²) in [5.74, 6) is 0.635. The van der Waals surface area contributed by atoms with Gasteiger partial charge in [-0.3, -0.25) is 0 Å². The van der Waals surface area contributed by atoms with Gasteiger partial charge < -0.3 is 5.73 Å². The monoisotopic (exact) mass is 203 g/mol. The van der Waals surface area contributed by atoms with Crippen molar-refractivity contribution in [1.29, 1.82) is 0 Å². The van der Waals surface area contributed by atoms with Crippen molar-refractivity contribution in [2.45, 2.75) is 13.0 Å². The van der Waals surface area contributed by atoms with E-state index < -0.39 is 0 Å². The molecule has 0 aliphatic heterocycles. The summed E-state index contributed by atoms with van der Waals surface area (Å²) in [7, 11) is 0. The van der Waals surface area contributed by atoms with Crippen LogP contribution in [0.2, 0.25) is 0 Å². The lowest BCUT2D eigenvalue weighted by Gasteiger charge is -2.03. The summed E-state index contributed by atoms with van der Waals surface area (Å²) in [6, 6.07) is 9.83. The van der Waals surface area contributed by atoms with Gasteiger partial charge in [0.25, 0.3) is 0 Å². The number of rotatable bonds is 3. The Hall–Kier alpha value is -1.75. The van der Waals surface area contributed by atoms with Gasteiger partial charge in [0.2, 0.25) is 5.82 Å². The van der Waals surface area contributed by atoms with E-state index in [9.17, 15) is 0 Å². The molecule has 0 aliphatic carbocycles. The highest BCUT2D eigenvalue weighted by Gasteiger charge is 2.08. The molecule has 1 unspecified atom stereocenters. The molecule has 0 amide bonds. The molecule has 0 radical (unpaired) electrons. The van der Waals surface area contributed by atoms with Gasteiger partial charge in [-0.1, -0.05) is 30.3 Å². The SMILES string of the molecule is CC(CN)n1nnc(-c2ccccc2)n1. The van der Waals surface area contributed by atoms with Gasteiger partial charge in [0.05, 0.1) is 6.04 Å². The summed E-state index contributed by atoms with van der Waals surface area (Å²) in [5.41, 5.74) is 6.49. The number of nitrogens with two attached hydrogens (primary N) is 1. The summed E-state index contributed by atoms with van der Waals surface area (Å²) in [4.78, 5) is 1.54. The van der Waals surface area contributed by atoms with Crippen LogP contribution in [0.15, 0.2) is 30.3 Å². The van der Waals surface area contributed by atoms with Crippen LogP contribution in [0.5, 0.6) is 0 Å². The average Bonchev–Trinajstić information content (AvgIpc) is 2.78. The number of benzene rings is 1. The van der Waals surface area contributed by atoms with E-state index in [1.54, 1.807) is 4.80 Å². The number of nitrogens with zero attached hydrogens (tertiary/aromatic N) is 4. The van der Waals surface area contributed by atoms with Gasteiger partial charge in [-0.05, 0) is 12.1 Å². The molecule has 1 aromatic carbocycles. The van der Waals surface area contributed by atoms with E-state index >= 15 is 0 Å². The molecule has 0 bridgehead atoms. The van der Waals surface area contributed by atoms with Crippen LogP contribution in [0.25, 0.3) is 11.4 Å². The predicted octanol–water partition coefficient (Wildman–Crippen LogP) is 0.860. The Kier molecular flexibility index (Phi) is 2.73. The lowest BCUT2D eigenvalue weighted by Crippen LogP contribution is -2.18. The third-order valence-corrected chi connectivity index (χ3v) is 2.20. The maximum atomic E-state index is 5.52. The summed E-state index contributed by atoms with van der Waals surface area (Å²) in [6.07, 6.45) is 0. The molecule has 1 aromatic heterocycles. The fraction of sp³-hybridized carbons (Fsp3) is 0.300. The van der Waals surface area contributed by atoms with Gasteiger partial charge in [0.15, 0.2) is 0 Å². The first-order chi connectivity index (χ1) is 7.31. The van der Waals surface area contributed by atoms with Crippen LogP contribution in [-0.2, 0) is 0 Å². The maximum Gasteiger partial charge on any atom is 0.204 e. The van der Waals surface area contributed by atoms with Crippen LogP contribution in [0, 0.1) is 0 Å². The minimum atomic E-state index is 0.0787. The average molecular weight is 203 g/mol. The molecule has 1 heterocycles. The molecule has 2 rings (SSSR count). The van der Waals surface area contributed by atoms with E-state index in [1.165, 1.54) is 0 Å². The van der Waals surface area contributed by atoms with Gasteiger partial charge in [0.1, 0.15) is 0 Å². The van der Waals surface area contributed by atoms with Crippen molar-refractivity contribution in [1.82, 2.24) is 20.2 Å². The van der Waals surface area contributed by atoms with Crippen LogP contribution in [-0.4, -0.2) is 26.8 Å². The molecule has 2 N–H and O–H groups in total. The zero-order valence-corrected chi connectivity index (χ0v) is 8.54. The number of hydrogen-bond donors (Lipinski definition) is 1. The Morgan fingerprint density at radius 1 is 1.33 bits per heavy atom. The van der Waals surface area contributed by atoms with Crippen molar-refractivity contribution in [3.05, 3.63) is 30.3 Å². The molecule has 5 nitrogen and oxygen atoms in total. The van der Waals surface area contributed by atoms with Gasteiger partial charge in [0, 0.05) is 12.1 Å². The Balaban J connectivity index is 2.28. The number of aromatic nitrogens is 4. The molecule has 0 fully saturated rings. The van der Waals surface area contributed by atoms with Gasteiger partial charge in [-0.15, -0.1) is 10.2 Å². The van der Waals surface area contributed by atoms with E-state index in [0.29, 0.717) is 12.4 Å². The highest BCUT2D eigenvalue weighted by molar-refractivity contribution is 5.52. The molecule has 2 aromatic rings. The molecule has 0 spiro atoms. The van der Waals surface area contributed by atoms with Crippen LogP contribution in [0.3, 0.4) is 0 Å². The smallest absolute Gasteiger partial charge is 0.204 e. The second-order valence-electron chi connectivity index (χ2n) is 3.38. The summed E-state index contributed by atoms with van der Waals surface area (Å²) >= 11 is 0. The van der Waals surface area contributed by atoms with Crippen molar-refractivity contribution in [2.75, 3.05) is 6.54 Å². The molecule has 5 heteroatoms. The van der Waals surface area contributed by atoms with Crippen LogP contribution in [0.1, 0.15) is 13.0 Å². The number of tetrazole rings is 1. The third-order valence-electron chi connectivity index (χ3n) is 2.20. The Morgan fingerprint density at radius 2 is 2.07 bits per heavy atom. The minimum absolute atomic E-state index is 0.0787. The van der Waals surface area contributed by atoms with E-state index in [0.717, 1.165) is 5.56 Å². The highest BCUT2D eigenvalue weighted by Crippen LogP contribution is 2.12. The molecular weight excluding hydrogens is 190 g/mol. The fourth-order valence-corrected chi connectivity index (χ4v) is 1.21. The van der Waals surface area contributed by atoms with Crippen LogP contribution >= 0.6 is 0 Å². The first kappa shape index (κ1) is 9.79. The van der Waals surface area contributed by atoms with Crippen LogP contribution in [0.4, 0.5) is 0 Å². The quantitative estimate of drug-likeness (QED) is 0.803. The molecule has 0 aliphatic rings. The summed E-state index contributed by atoms with van der Waals surface area (Å²) in [6.45, 7) is 2.46. The summed E-state index contributed by atoms with van der Waals surface area (Å²) in [5, 5.41) is 12.2. The molecule has 78 valence electrons. The fourth-order valence-electron chi connectivity index (χ4n) is 1.21. The third kappa shape index (κ3) is 2.02. The standard InChI is InChI=1S/C10H13N5/c1-8(7-11)15-13-10(12-14-15)9-5-3-2-4-6-9/h2-6,8H,7,11H2,1H3. The summed E-state index contributed by atoms with van der Waals surface area (Å²) < 4.78 is 0. The van der Waals surface area contributed by atoms with Crippen molar-refractivity contribution in [3.63, 3.8) is 0 Å². The second-order valence-corrected chi connectivity index (χ2v) is 3.38. The van der Waals surface area contributed by atoms with Gasteiger partial charge >= 0.3 is 0 Å². The van der Waals surface area contributed by atoms with Crippen molar-refractivity contribution < 1.29 is 0 Å².